The van der Waals surface area contributed by atoms with E-state index in [1.54, 1.807) is 20.8 Å². The molecular formula is C23H28F5N5O3S. The fraction of sp³-hybridized carbons (Fsp3) is 0.522. The van der Waals surface area contributed by atoms with Gasteiger partial charge in [0.2, 0.25) is 23.4 Å². The number of benzene rings is 1. The zero-order valence-corrected chi connectivity index (χ0v) is 21.3. The molecule has 37 heavy (non-hydrogen) atoms. The second kappa shape index (κ2) is 12.9. The van der Waals surface area contributed by atoms with Crippen LogP contribution in [0.25, 0.3) is 0 Å². The number of alkyl halides is 3. The molecule has 2 rings (SSSR count). The summed E-state index contributed by atoms with van der Waals surface area (Å²) in [5.41, 5.74) is -0.629. The molecule has 2 aromatic rings. The number of halogens is 5. The largest absolute Gasteiger partial charge is 0.406 e. The number of carbonyl (C=O) groups excluding carboxylic acids is 3. The molecule has 1 atom stereocenters. The molecule has 0 saturated carbocycles. The molecule has 0 aliphatic carbocycles. The summed E-state index contributed by atoms with van der Waals surface area (Å²) in [5, 5.41) is 13.6. The molecule has 1 aromatic heterocycles. The molecule has 1 aromatic carbocycles. The maximum absolute atomic E-state index is 13.4. The summed E-state index contributed by atoms with van der Waals surface area (Å²) in [6.07, 6.45) is -3.70. The third kappa shape index (κ3) is 10.0. The van der Waals surface area contributed by atoms with Gasteiger partial charge in [-0.25, -0.2) is 8.78 Å². The highest BCUT2D eigenvalue weighted by Gasteiger charge is 2.32. The molecular weight excluding hydrogens is 521 g/mol. The normalized spacial score (nSPS) is 12.6. The van der Waals surface area contributed by atoms with Crippen LogP contribution in [0.2, 0.25) is 0 Å². The highest BCUT2D eigenvalue weighted by molar-refractivity contribution is 7.15. The fourth-order valence-corrected chi connectivity index (χ4v) is 4.25. The van der Waals surface area contributed by atoms with Crippen LogP contribution in [0, 0.1) is 11.6 Å². The van der Waals surface area contributed by atoms with Gasteiger partial charge in [-0.05, 0) is 30.5 Å². The lowest BCUT2D eigenvalue weighted by molar-refractivity contribution is -0.154. The highest BCUT2D eigenvalue weighted by atomic mass is 32.1. The van der Waals surface area contributed by atoms with Crippen LogP contribution < -0.4 is 10.6 Å². The van der Waals surface area contributed by atoms with E-state index in [1.165, 1.54) is 0 Å². The number of hydrogen-bond acceptors (Lipinski definition) is 6. The average molecular weight is 550 g/mol. The van der Waals surface area contributed by atoms with E-state index in [0.717, 1.165) is 23.5 Å². The first kappa shape index (κ1) is 30.1. The Kier molecular flexibility index (Phi) is 10.5. The summed E-state index contributed by atoms with van der Waals surface area (Å²) in [6.45, 7) is 3.75. The quantitative estimate of drug-likeness (QED) is 0.291. The van der Waals surface area contributed by atoms with E-state index in [1.807, 2.05) is 0 Å². The van der Waals surface area contributed by atoms with Crippen molar-refractivity contribution in [1.82, 2.24) is 20.4 Å². The van der Waals surface area contributed by atoms with E-state index in [2.05, 4.69) is 20.8 Å². The molecule has 0 radical (unpaired) electrons. The van der Waals surface area contributed by atoms with Crippen molar-refractivity contribution in [2.45, 2.75) is 64.1 Å². The molecule has 1 heterocycles. The molecule has 204 valence electrons. The van der Waals surface area contributed by atoms with Crippen molar-refractivity contribution in [2.24, 2.45) is 0 Å². The van der Waals surface area contributed by atoms with E-state index < -0.39 is 47.6 Å². The van der Waals surface area contributed by atoms with E-state index in [9.17, 15) is 36.3 Å². The van der Waals surface area contributed by atoms with Crippen LogP contribution in [0.3, 0.4) is 0 Å². The van der Waals surface area contributed by atoms with Gasteiger partial charge in [-0.3, -0.25) is 19.7 Å². The van der Waals surface area contributed by atoms with Crippen LogP contribution >= 0.6 is 11.3 Å². The monoisotopic (exact) mass is 549 g/mol. The molecule has 0 aliphatic heterocycles. The first-order valence-corrected chi connectivity index (χ1v) is 12.2. The second-order valence-electron chi connectivity index (χ2n) is 9.09. The van der Waals surface area contributed by atoms with Crippen molar-refractivity contribution < 1.29 is 36.3 Å². The molecule has 2 N–H and O–H groups in total. The number of nitrogens with one attached hydrogen (secondary N) is 2. The molecule has 0 bridgehead atoms. The van der Waals surface area contributed by atoms with Gasteiger partial charge in [0.05, 0.1) is 6.42 Å². The lowest BCUT2D eigenvalue weighted by atomic mass is 9.90. The minimum Gasteiger partial charge on any atom is -0.344 e. The summed E-state index contributed by atoms with van der Waals surface area (Å²) < 4.78 is 64.5. The number of aromatic nitrogens is 2. The van der Waals surface area contributed by atoms with Crippen LogP contribution in [0.15, 0.2) is 18.2 Å². The van der Waals surface area contributed by atoms with E-state index >= 15 is 0 Å². The number of amides is 3. The van der Waals surface area contributed by atoms with Crippen molar-refractivity contribution in [3.05, 3.63) is 40.4 Å². The molecule has 0 saturated heterocycles. The lowest BCUT2D eigenvalue weighted by Crippen LogP contribution is -2.44. The van der Waals surface area contributed by atoms with Crippen molar-refractivity contribution in [2.75, 3.05) is 18.4 Å². The first-order valence-electron chi connectivity index (χ1n) is 11.4. The highest BCUT2D eigenvalue weighted by Crippen LogP contribution is 2.32. The van der Waals surface area contributed by atoms with Gasteiger partial charge >= 0.3 is 6.18 Å². The summed E-state index contributed by atoms with van der Waals surface area (Å²) in [5.74, 6) is -2.81. The van der Waals surface area contributed by atoms with Gasteiger partial charge in [0.15, 0.2) is 0 Å². The summed E-state index contributed by atoms with van der Waals surface area (Å²) >= 11 is 1.02. The van der Waals surface area contributed by atoms with E-state index in [4.69, 9.17) is 0 Å². The Bertz CT molecular complexity index is 1070. The zero-order valence-electron chi connectivity index (χ0n) is 20.5. The van der Waals surface area contributed by atoms with Crippen LogP contribution in [0.1, 0.15) is 50.6 Å². The molecule has 0 aliphatic rings. The molecule has 8 nitrogen and oxygen atoms in total. The van der Waals surface area contributed by atoms with Crippen molar-refractivity contribution in [1.29, 1.82) is 0 Å². The topological polar surface area (TPSA) is 104 Å². The number of rotatable bonds is 13. The number of anilines is 1. The smallest absolute Gasteiger partial charge is 0.344 e. The fourth-order valence-electron chi connectivity index (χ4n) is 3.37. The van der Waals surface area contributed by atoms with Crippen LogP contribution in [-0.4, -0.2) is 58.6 Å². The Hall–Kier alpha value is -3.16. The predicted molar refractivity (Wildman–Crippen MR) is 127 cm³/mol. The third-order valence-corrected chi connectivity index (χ3v) is 6.51. The van der Waals surface area contributed by atoms with Crippen LogP contribution in [0.5, 0.6) is 0 Å². The number of hydrogen-bond donors (Lipinski definition) is 2. The van der Waals surface area contributed by atoms with Crippen molar-refractivity contribution in [3.8, 4) is 0 Å². The first-order chi connectivity index (χ1) is 17.2. The molecule has 3 amide bonds. The number of nitrogens with zero attached hydrogens (tertiary/aromatic N) is 3. The average Bonchev–Trinajstić information content (AvgIpc) is 3.24. The molecule has 0 spiro atoms. The van der Waals surface area contributed by atoms with Crippen molar-refractivity contribution >= 4 is 34.7 Å². The van der Waals surface area contributed by atoms with Gasteiger partial charge in [0.25, 0.3) is 0 Å². The Balaban J connectivity index is 2.00. The zero-order chi connectivity index (χ0) is 27.8. The minimum absolute atomic E-state index is 0.116. The molecule has 14 heteroatoms. The Morgan fingerprint density at radius 1 is 1.14 bits per heavy atom. The Labute approximate surface area is 214 Å². The maximum atomic E-state index is 13.4. The van der Waals surface area contributed by atoms with Gasteiger partial charge in [-0.15, -0.1) is 10.2 Å². The van der Waals surface area contributed by atoms with Crippen LogP contribution in [0.4, 0.5) is 27.1 Å². The van der Waals surface area contributed by atoms with Gasteiger partial charge in [-0.2, -0.15) is 13.2 Å². The van der Waals surface area contributed by atoms with Gasteiger partial charge < -0.3 is 10.2 Å². The second-order valence-corrected chi connectivity index (χ2v) is 10.1. The predicted octanol–water partition coefficient (Wildman–Crippen LogP) is 3.97. The maximum Gasteiger partial charge on any atom is 0.406 e. The molecule has 1 unspecified atom stereocenters. The molecule has 0 fully saturated rings. The van der Waals surface area contributed by atoms with Gasteiger partial charge in [-0.1, -0.05) is 38.5 Å². The van der Waals surface area contributed by atoms with E-state index in [-0.39, 0.29) is 42.9 Å². The van der Waals surface area contributed by atoms with Crippen LogP contribution in [-0.2, 0) is 26.2 Å². The van der Waals surface area contributed by atoms with Crippen molar-refractivity contribution in [3.63, 3.8) is 0 Å². The summed E-state index contributed by atoms with van der Waals surface area (Å²) in [4.78, 5) is 36.8. The van der Waals surface area contributed by atoms with Gasteiger partial charge in [0, 0.05) is 18.0 Å². The summed E-state index contributed by atoms with van der Waals surface area (Å²) in [6, 6.07) is 1.80. The SMILES string of the molecule is CCCC(NC(=O)Cc1cc(F)cc(F)c1)C(=O)Nc1nnc(C(C)(C)CCN(C=O)CC(F)(F)F)s1. The number of carbonyl (C=O) groups is 3. The minimum atomic E-state index is -4.51. The lowest BCUT2D eigenvalue weighted by Gasteiger charge is -2.26. The third-order valence-electron chi connectivity index (χ3n) is 5.31. The van der Waals surface area contributed by atoms with E-state index in [0.29, 0.717) is 22.4 Å². The standard InChI is InChI=1S/C23H28F5N5O3S/c1-4-5-17(29-18(35)10-14-8-15(24)11-16(25)9-14)19(36)30-21-32-31-20(37-21)22(2,3)6-7-33(13-34)12-23(26,27)28/h8-9,11,13,17H,4-7,10,12H2,1-3H3,(H,29,35)(H,30,32,36). The Morgan fingerprint density at radius 2 is 1.78 bits per heavy atom. The Morgan fingerprint density at radius 3 is 2.35 bits per heavy atom. The summed E-state index contributed by atoms with van der Waals surface area (Å²) in [7, 11) is 0. The van der Waals surface area contributed by atoms with Gasteiger partial charge in [0.1, 0.15) is 29.2 Å².